The third kappa shape index (κ3) is 3.18. The second-order valence-electron chi connectivity index (χ2n) is 5.40. The Bertz CT molecular complexity index is 564. The van der Waals surface area contributed by atoms with Gasteiger partial charge < -0.3 is 10.6 Å². The Kier molecular flexibility index (Phi) is 4.52. The maximum atomic E-state index is 13.2. The van der Waals surface area contributed by atoms with Crippen LogP contribution in [0.4, 0.5) is 10.1 Å². The Balaban J connectivity index is 2.32. The van der Waals surface area contributed by atoms with E-state index >= 15 is 0 Å². The van der Waals surface area contributed by atoms with Gasteiger partial charge in [-0.05, 0) is 44.4 Å². The predicted molar refractivity (Wildman–Crippen MR) is 75.3 cm³/mol. The zero-order valence-electron chi connectivity index (χ0n) is 11.8. The summed E-state index contributed by atoms with van der Waals surface area (Å²) >= 11 is 0. The lowest BCUT2D eigenvalue weighted by atomic mass is 9.93. The largest absolute Gasteiger partial charge is 0.335 e. The van der Waals surface area contributed by atoms with Crippen molar-refractivity contribution in [2.75, 3.05) is 13.1 Å². The standard InChI is InChI=1S/C14H18FN3O3/c1-9-2-3-10(7-16)8-17(9)14(19)12-5-4-11(15)6-13(12)18(20)21/h4-6,9-10H,2-3,7-8,16H2,1H3. The van der Waals surface area contributed by atoms with Gasteiger partial charge in [-0.1, -0.05) is 0 Å². The second kappa shape index (κ2) is 6.17. The van der Waals surface area contributed by atoms with Crippen molar-refractivity contribution < 1.29 is 14.1 Å². The van der Waals surface area contributed by atoms with E-state index in [1.54, 1.807) is 4.90 Å². The topological polar surface area (TPSA) is 89.5 Å². The fraction of sp³-hybridized carbons (Fsp3) is 0.500. The van der Waals surface area contributed by atoms with Crippen LogP contribution in [0.25, 0.3) is 0 Å². The highest BCUT2D eigenvalue weighted by molar-refractivity contribution is 5.98. The Morgan fingerprint density at radius 2 is 2.24 bits per heavy atom. The number of nitrogens with zero attached hydrogens (tertiary/aromatic N) is 2. The summed E-state index contributed by atoms with van der Waals surface area (Å²) in [6.07, 6.45) is 1.75. The van der Waals surface area contributed by atoms with Gasteiger partial charge in [0.1, 0.15) is 11.4 Å². The first-order valence-electron chi connectivity index (χ1n) is 6.89. The summed E-state index contributed by atoms with van der Waals surface area (Å²) in [5.74, 6) is -0.971. The highest BCUT2D eigenvalue weighted by Crippen LogP contribution is 2.27. The molecule has 1 saturated heterocycles. The van der Waals surface area contributed by atoms with Crippen molar-refractivity contribution in [2.24, 2.45) is 11.7 Å². The molecule has 0 saturated carbocycles. The van der Waals surface area contributed by atoms with Gasteiger partial charge in [0.2, 0.25) is 0 Å². The van der Waals surface area contributed by atoms with Gasteiger partial charge in [0.25, 0.3) is 11.6 Å². The average molecular weight is 295 g/mol. The van der Waals surface area contributed by atoms with E-state index in [0.717, 1.165) is 25.0 Å². The number of nitro groups is 1. The first-order valence-corrected chi connectivity index (χ1v) is 6.89. The van der Waals surface area contributed by atoms with Gasteiger partial charge in [-0.25, -0.2) is 4.39 Å². The molecule has 114 valence electrons. The lowest BCUT2D eigenvalue weighted by Crippen LogP contribution is -2.47. The molecule has 2 unspecified atom stereocenters. The smallest absolute Gasteiger partial charge is 0.285 e. The van der Waals surface area contributed by atoms with Crippen LogP contribution in [0, 0.1) is 21.8 Å². The number of likely N-dealkylation sites (tertiary alicyclic amines) is 1. The van der Waals surface area contributed by atoms with Gasteiger partial charge in [0, 0.05) is 12.6 Å². The van der Waals surface area contributed by atoms with Crippen LogP contribution in [0.1, 0.15) is 30.1 Å². The molecular formula is C14H18FN3O3. The lowest BCUT2D eigenvalue weighted by Gasteiger charge is -2.37. The molecule has 0 spiro atoms. The summed E-state index contributed by atoms with van der Waals surface area (Å²) in [5.41, 5.74) is 5.08. The summed E-state index contributed by atoms with van der Waals surface area (Å²) < 4.78 is 13.2. The number of hydrogen-bond donors (Lipinski definition) is 1. The Morgan fingerprint density at radius 1 is 1.52 bits per heavy atom. The molecule has 2 N–H and O–H groups in total. The minimum absolute atomic E-state index is 0.00930. The number of rotatable bonds is 3. The van der Waals surface area contributed by atoms with E-state index in [1.165, 1.54) is 6.07 Å². The van der Waals surface area contributed by atoms with Crippen LogP contribution >= 0.6 is 0 Å². The minimum Gasteiger partial charge on any atom is -0.335 e. The number of halogens is 1. The molecule has 6 nitrogen and oxygen atoms in total. The summed E-state index contributed by atoms with van der Waals surface area (Å²) in [4.78, 5) is 24.4. The maximum absolute atomic E-state index is 13.2. The minimum atomic E-state index is -0.732. The number of carbonyl (C=O) groups excluding carboxylic acids is 1. The van der Waals surface area contributed by atoms with Gasteiger partial charge in [-0.2, -0.15) is 0 Å². The van der Waals surface area contributed by atoms with Crippen LogP contribution in [0.3, 0.4) is 0 Å². The van der Waals surface area contributed by atoms with Gasteiger partial charge in [-0.15, -0.1) is 0 Å². The van der Waals surface area contributed by atoms with Gasteiger partial charge in [0.05, 0.1) is 11.0 Å². The quantitative estimate of drug-likeness (QED) is 0.681. The van der Waals surface area contributed by atoms with Gasteiger partial charge in [-0.3, -0.25) is 14.9 Å². The van der Waals surface area contributed by atoms with Crippen molar-refractivity contribution in [2.45, 2.75) is 25.8 Å². The first kappa shape index (κ1) is 15.4. The molecule has 0 aliphatic carbocycles. The van der Waals surface area contributed by atoms with E-state index < -0.39 is 22.3 Å². The van der Waals surface area contributed by atoms with Crippen LogP contribution in [-0.2, 0) is 0 Å². The van der Waals surface area contributed by atoms with Crippen molar-refractivity contribution in [3.8, 4) is 0 Å². The van der Waals surface area contributed by atoms with Crippen LogP contribution in [0.2, 0.25) is 0 Å². The predicted octanol–water partition coefficient (Wildman–Crippen LogP) is 1.93. The number of carbonyl (C=O) groups is 1. The highest BCUT2D eigenvalue weighted by atomic mass is 19.1. The van der Waals surface area contributed by atoms with Crippen molar-refractivity contribution in [3.63, 3.8) is 0 Å². The molecule has 1 aliphatic heterocycles. The van der Waals surface area contributed by atoms with Crippen LogP contribution < -0.4 is 5.73 Å². The van der Waals surface area contributed by atoms with Crippen LogP contribution in [-0.4, -0.2) is 34.9 Å². The molecule has 21 heavy (non-hydrogen) atoms. The lowest BCUT2D eigenvalue weighted by molar-refractivity contribution is -0.385. The summed E-state index contributed by atoms with van der Waals surface area (Å²) in [6, 6.07) is 3.01. The number of benzene rings is 1. The third-order valence-electron chi connectivity index (χ3n) is 3.96. The molecular weight excluding hydrogens is 277 g/mol. The third-order valence-corrected chi connectivity index (χ3v) is 3.96. The highest BCUT2D eigenvalue weighted by Gasteiger charge is 2.32. The van der Waals surface area contributed by atoms with E-state index in [9.17, 15) is 19.3 Å². The molecule has 1 amide bonds. The molecule has 2 atom stereocenters. The number of nitro benzene ring substituents is 1. The number of amides is 1. The van der Waals surface area contributed by atoms with E-state index in [-0.39, 0.29) is 17.5 Å². The van der Waals surface area contributed by atoms with Gasteiger partial charge >= 0.3 is 0 Å². The fourth-order valence-corrected chi connectivity index (χ4v) is 2.65. The molecule has 7 heteroatoms. The Hall–Kier alpha value is -2.02. The zero-order valence-corrected chi connectivity index (χ0v) is 11.8. The zero-order chi connectivity index (χ0) is 15.6. The molecule has 1 aliphatic rings. The normalized spacial score (nSPS) is 22.1. The Morgan fingerprint density at radius 3 is 2.86 bits per heavy atom. The Labute approximate surface area is 121 Å². The molecule has 0 bridgehead atoms. The summed E-state index contributed by atoms with van der Waals surface area (Å²) in [6.45, 7) is 2.85. The second-order valence-corrected chi connectivity index (χ2v) is 5.40. The van der Waals surface area contributed by atoms with E-state index in [1.807, 2.05) is 6.92 Å². The number of nitrogens with two attached hydrogens (primary N) is 1. The monoisotopic (exact) mass is 295 g/mol. The van der Waals surface area contributed by atoms with Crippen molar-refractivity contribution in [1.82, 2.24) is 4.90 Å². The molecule has 2 rings (SSSR count). The molecule has 1 aromatic rings. The van der Waals surface area contributed by atoms with Crippen molar-refractivity contribution >= 4 is 11.6 Å². The first-order chi connectivity index (χ1) is 9.93. The van der Waals surface area contributed by atoms with E-state index in [2.05, 4.69) is 0 Å². The molecule has 0 aromatic heterocycles. The summed E-state index contributed by atoms with van der Waals surface area (Å²) in [7, 11) is 0. The van der Waals surface area contributed by atoms with Crippen molar-refractivity contribution in [3.05, 3.63) is 39.7 Å². The molecule has 1 fully saturated rings. The fourth-order valence-electron chi connectivity index (χ4n) is 2.65. The SMILES string of the molecule is CC1CCC(CN)CN1C(=O)c1ccc(F)cc1[N+](=O)[O-]. The van der Waals surface area contributed by atoms with E-state index in [4.69, 9.17) is 5.73 Å². The van der Waals surface area contributed by atoms with E-state index in [0.29, 0.717) is 13.1 Å². The summed E-state index contributed by atoms with van der Waals surface area (Å²) in [5, 5.41) is 11.0. The van der Waals surface area contributed by atoms with Crippen LogP contribution in [0.15, 0.2) is 18.2 Å². The number of piperidine rings is 1. The average Bonchev–Trinajstić information content (AvgIpc) is 2.47. The molecule has 1 heterocycles. The molecule has 1 aromatic carbocycles. The van der Waals surface area contributed by atoms with Gasteiger partial charge in [0.15, 0.2) is 0 Å². The van der Waals surface area contributed by atoms with Crippen LogP contribution in [0.5, 0.6) is 0 Å². The number of hydrogen-bond acceptors (Lipinski definition) is 4. The molecule has 0 radical (unpaired) electrons. The maximum Gasteiger partial charge on any atom is 0.285 e. The van der Waals surface area contributed by atoms with Crippen molar-refractivity contribution in [1.29, 1.82) is 0 Å².